The van der Waals surface area contributed by atoms with Crippen molar-refractivity contribution < 1.29 is 32.7 Å². The molecule has 0 nitrogen and oxygen atoms in total. The van der Waals surface area contributed by atoms with Gasteiger partial charge < -0.3 is 22.6 Å². The van der Waals surface area contributed by atoms with Crippen molar-refractivity contribution in [3.63, 3.8) is 0 Å². The summed E-state index contributed by atoms with van der Waals surface area (Å²) >= 11 is 2.26. The van der Waals surface area contributed by atoms with Crippen LogP contribution >= 0.6 is 22.6 Å². The van der Waals surface area contributed by atoms with Crippen LogP contribution in [0, 0.1) is 3.92 Å². The second-order valence-corrected chi connectivity index (χ2v) is 3.04. The Bertz CT molecular complexity index is 11.6. The van der Waals surface area contributed by atoms with Crippen molar-refractivity contribution in [2.45, 2.75) is 13.8 Å². The van der Waals surface area contributed by atoms with Crippen LogP contribution in [0.3, 0.4) is 0 Å². The van der Waals surface area contributed by atoms with E-state index < -0.39 is 0 Å². The van der Waals surface area contributed by atoms with E-state index >= 15 is 0 Å². The standard InChI is InChI=1S/C3H6I.Y/c1-3(2)4;/h1-2H3;/q-1;. The van der Waals surface area contributed by atoms with Gasteiger partial charge in [-0.05, 0) is 0 Å². The van der Waals surface area contributed by atoms with E-state index in [1.165, 1.54) is 3.92 Å². The summed E-state index contributed by atoms with van der Waals surface area (Å²) in [6.45, 7) is 4.14. The van der Waals surface area contributed by atoms with Gasteiger partial charge in [-0.25, -0.2) is 0 Å². The fourth-order valence-electron chi connectivity index (χ4n) is 0. The Balaban J connectivity index is 0. The second kappa shape index (κ2) is 5.83. The first-order valence-electron chi connectivity index (χ1n) is 1.19. The van der Waals surface area contributed by atoms with Crippen LogP contribution in [0.1, 0.15) is 13.8 Å². The SMILES string of the molecule is C[C-](C)I.[Y]. The molecule has 0 fully saturated rings. The van der Waals surface area contributed by atoms with E-state index in [1.54, 1.807) is 0 Å². The maximum absolute atomic E-state index is 2.26. The van der Waals surface area contributed by atoms with Gasteiger partial charge in [0, 0.05) is 32.7 Å². The maximum atomic E-state index is 2.26. The molecule has 0 N–H and O–H groups in total. The molecule has 0 unspecified atom stereocenters. The van der Waals surface area contributed by atoms with Gasteiger partial charge in [0.15, 0.2) is 0 Å². The van der Waals surface area contributed by atoms with Gasteiger partial charge >= 0.3 is 0 Å². The van der Waals surface area contributed by atoms with E-state index in [1.807, 2.05) is 0 Å². The summed E-state index contributed by atoms with van der Waals surface area (Å²) in [6, 6.07) is 0. The Hall–Kier alpha value is 1.83. The zero-order chi connectivity index (χ0) is 3.58. The van der Waals surface area contributed by atoms with Gasteiger partial charge in [-0.1, -0.05) is 0 Å². The second-order valence-electron chi connectivity index (χ2n) is 0.878. The zero-order valence-electron chi connectivity index (χ0n) is 3.46. The van der Waals surface area contributed by atoms with E-state index in [4.69, 9.17) is 0 Å². The normalized spacial score (nSPS) is 7.20. The summed E-state index contributed by atoms with van der Waals surface area (Å²) in [5.41, 5.74) is 0. The van der Waals surface area contributed by atoms with Crippen LogP contribution in [0.4, 0.5) is 0 Å². The van der Waals surface area contributed by atoms with Crippen molar-refractivity contribution in [2.24, 2.45) is 0 Å². The largest absolute Gasteiger partial charge is 0.313 e. The third-order valence-corrected chi connectivity index (χ3v) is 0. The van der Waals surface area contributed by atoms with Crippen molar-refractivity contribution >= 4 is 22.6 Å². The summed E-state index contributed by atoms with van der Waals surface area (Å²) in [4.78, 5) is 0. The van der Waals surface area contributed by atoms with Gasteiger partial charge in [0.2, 0.25) is 0 Å². The average molecular weight is 258 g/mol. The van der Waals surface area contributed by atoms with Crippen LogP contribution in [0.25, 0.3) is 0 Å². The number of rotatable bonds is 0. The van der Waals surface area contributed by atoms with E-state index in [-0.39, 0.29) is 32.7 Å². The molecule has 0 heterocycles. The van der Waals surface area contributed by atoms with Crippen molar-refractivity contribution in [3.8, 4) is 0 Å². The molecule has 0 spiro atoms. The molecule has 0 aliphatic heterocycles. The van der Waals surface area contributed by atoms with E-state index in [0.29, 0.717) is 0 Å². The van der Waals surface area contributed by atoms with Crippen LogP contribution in [0.2, 0.25) is 0 Å². The van der Waals surface area contributed by atoms with Crippen molar-refractivity contribution in [2.75, 3.05) is 0 Å². The smallest absolute Gasteiger partial charge is 0 e. The monoisotopic (exact) mass is 258 g/mol. The topological polar surface area (TPSA) is 0 Å². The van der Waals surface area contributed by atoms with Gasteiger partial charge in [-0.3, -0.25) is 3.92 Å². The van der Waals surface area contributed by atoms with Gasteiger partial charge in [0.25, 0.3) is 0 Å². The maximum Gasteiger partial charge on any atom is 0 e. The fourth-order valence-corrected chi connectivity index (χ4v) is 0. The summed E-state index contributed by atoms with van der Waals surface area (Å²) in [6.07, 6.45) is 0. The van der Waals surface area contributed by atoms with Crippen LogP contribution in [0.5, 0.6) is 0 Å². The van der Waals surface area contributed by atoms with E-state index in [0.717, 1.165) is 0 Å². The Morgan fingerprint density at radius 3 is 1.40 bits per heavy atom. The predicted octanol–water partition coefficient (Wildman–Crippen LogP) is 1.99. The molecular formula is C3H6IY-. The van der Waals surface area contributed by atoms with Crippen molar-refractivity contribution in [1.82, 2.24) is 0 Å². The molecule has 0 bridgehead atoms. The molecule has 0 amide bonds. The fraction of sp³-hybridized carbons (Fsp3) is 0.667. The zero-order valence-corrected chi connectivity index (χ0v) is 8.45. The van der Waals surface area contributed by atoms with Gasteiger partial charge in [0.1, 0.15) is 0 Å². The molecule has 0 atom stereocenters. The molecule has 2 heteroatoms. The minimum atomic E-state index is 0. The molecule has 1 radical (unpaired) electrons. The Kier molecular flexibility index (Phi) is 11.6. The minimum Gasteiger partial charge on any atom is -0.313 e. The van der Waals surface area contributed by atoms with E-state index in [2.05, 4.69) is 36.4 Å². The van der Waals surface area contributed by atoms with Gasteiger partial charge in [-0.15, -0.1) is 0 Å². The quantitative estimate of drug-likeness (QED) is 0.460. The summed E-state index contributed by atoms with van der Waals surface area (Å²) < 4.78 is 1.39. The predicted molar refractivity (Wildman–Crippen MR) is 28.6 cm³/mol. The molecule has 0 aliphatic carbocycles. The molecule has 0 aromatic heterocycles. The van der Waals surface area contributed by atoms with E-state index in [9.17, 15) is 0 Å². The van der Waals surface area contributed by atoms with Gasteiger partial charge in [-0.2, -0.15) is 13.8 Å². The molecule has 0 rings (SSSR count). The first-order chi connectivity index (χ1) is 1.73. The van der Waals surface area contributed by atoms with Crippen LogP contribution in [-0.4, -0.2) is 0 Å². The Labute approximate surface area is 72.1 Å². The molecule has 0 saturated carbocycles. The molecule has 0 aliphatic rings. The average Bonchev–Trinajstić information content (AvgIpc) is 0.811. The number of hydrogen-bond acceptors (Lipinski definition) is 0. The van der Waals surface area contributed by atoms with Crippen molar-refractivity contribution in [1.29, 1.82) is 0 Å². The minimum absolute atomic E-state index is 0. The molecule has 29 valence electrons. The first-order valence-corrected chi connectivity index (χ1v) is 2.27. The molecular weight excluding hydrogens is 252 g/mol. The van der Waals surface area contributed by atoms with Crippen LogP contribution < -0.4 is 0 Å². The van der Waals surface area contributed by atoms with Crippen LogP contribution in [0.15, 0.2) is 0 Å². The molecule has 5 heavy (non-hydrogen) atoms. The third-order valence-electron chi connectivity index (χ3n) is 0. The Morgan fingerprint density at radius 2 is 1.40 bits per heavy atom. The molecule has 0 aromatic carbocycles. The van der Waals surface area contributed by atoms with Crippen LogP contribution in [-0.2, 0) is 32.7 Å². The summed E-state index contributed by atoms with van der Waals surface area (Å²) in [5.74, 6) is 0. The first kappa shape index (κ1) is 9.95. The molecule has 0 aromatic rings. The number of hydrogen-bond donors (Lipinski definition) is 0. The molecule has 0 saturated heterocycles. The Morgan fingerprint density at radius 1 is 1.40 bits per heavy atom. The van der Waals surface area contributed by atoms with Gasteiger partial charge in [0.05, 0.1) is 0 Å². The number of halogens is 1. The van der Waals surface area contributed by atoms with Crippen molar-refractivity contribution in [3.05, 3.63) is 3.92 Å². The summed E-state index contributed by atoms with van der Waals surface area (Å²) in [5, 5.41) is 0. The summed E-state index contributed by atoms with van der Waals surface area (Å²) in [7, 11) is 0. The third kappa shape index (κ3) is 25.5.